The lowest BCUT2D eigenvalue weighted by molar-refractivity contribution is 0.256. The summed E-state index contributed by atoms with van der Waals surface area (Å²) in [4.78, 5) is 21.1. The van der Waals surface area contributed by atoms with Crippen LogP contribution in [-0.2, 0) is 0 Å². The first-order valence-corrected chi connectivity index (χ1v) is 8.25. The van der Waals surface area contributed by atoms with Gasteiger partial charge < -0.3 is 15.0 Å². The van der Waals surface area contributed by atoms with E-state index < -0.39 is 0 Å². The highest BCUT2D eigenvalue weighted by molar-refractivity contribution is 6.04. The van der Waals surface area contributed by atoms with Crippen molar-refractivity contribution in [3.8, 4) is 5.75 Å². The molecular formula is C18H22N4O2. The number of nitrogens with one attached hydrogen (secondary N) is 1. The molecule has 3 rings (SSSR count). The second-order valence-corrected chi connectivity index (χ2v) is 5.44. The molecule has 0 radical (unpaired) electrons. The summed E-state index contributed by atoms with van der Waals surface area (Å²) in [7, 11) is 0. The predicted molar refractivity (Wildman–Crippen MR) is 96.1 cm³/mol. The van der Waals surface area contributed by atoms with Crippen LogP contribution in [0.1, 0.15) is 13.8 Å². The molecule has 0 atom stereocenters. The third-order valence-corrected chi connectivity index (χ3v) is 4.01. The Labute approximate surface area is 142 Å². The highest BCUT2D eigenvalue weighted by atomic mass is 16.5. The standard InChI is InChI=1S/C18H22N4O2/c1-3-21-12-13-22(15-9-7-11-19-17(15)21)18(23)20-14-8-5-6-10-16(14)24-4-2/h5-11H,3-4,12-13H2,1-2H3,(H,20,23). The van der Waals surface area contributed by atoms with Gasteiger partial charge in [-0.05, 0) is 38.1 Å². The van der Waals surface area contributed by atoms with Gasteiger partial charge >= 0.3 is 6.03 Å². The van der Waals surface area contributed by atoms with Crippen molar-refractivity contribution >= 4 is 23.2 Å². The van der Waals surface area contributed by atoms with E-state index in [1.54, 1.807) is 11.1 Å². The van der Waals surface area contributed by atoms with Crippen LogP contribution in [0, 0.1) is 0 Å². The minimum absolute atomic E-state index is 0.174. The molecule has 0 aliphatic carbocycles. The molecule has 24 heavy (non-hydrogen) atoms. The van der Waals surface area contributed by atoms with Crippen molar-refractivity contribution in [1.29, 1.82) is 0 Å². The van der Waals surface area contributed by atoms with Gasteiger partial charge in [-0.15, -0.1) is 0 Å². The van der Waals surface area contributed by atoms with Crippen molar-refractivity contribution < 1.29 is 9.53 Å². The Bertz CT molecular complexity index is 720. The number of hydrogen-bond donors (Lipinski definition) is 1. The summed E-state index contributed by atoms with van der Waals surface area (Å²) in [6, 6.07) is 11.1. The maximum absolute atomic E-state index is 12.8. The maximum atomic E-state index is 12.8. The number of hydrogen-bond acceptors (Lipinski definition) is 4. The SMILES string of the molecule is CCOc1ccccc1NC(=O)N1CCN(CC)c2ncccc21. The van der Waals surface area contributed by atoms with E-state index in [0.717, 1.165) is 24.6 Å². The third-order valence-electron chi connectivity index (χ3n) is 4.01. The Morgan fingerprint density at radius 2 is 2.04 bits per heavy atom. The van der Waals surface area contributed by atoms with E-state index in [-0.39, 0.29) is 6.03 Å². The van der Waals surface area contributed by atoms with Crippen molar-refractivity contribution in [2.75, 3.05) is 41.4 Å². The number of benzene rings is 1. The minimum Gasteiger partial charge on any atom is -0.492 e. The minimum atomic E-state index is -0.174. The van der Waals surface area contributed by atoms with Crippen LogP contribution in [0.4, 0.5) is 22.0 Å². The summed E-state index contributed by atoms with van der Waals surface area (Å²) in [5, 5.41) is 2.95. The Morgan fingerprint density at radius 1 is 1.21 bits per heavy atom. The molecule has 1 aliphatic rings. The number of carbonyl (C=O) groups is 1. The van der Waals surface area contributed by atoms with Crippen LogP contribution in [-0.4, -0.2) is 37.3 Å². The molecule has 0 saturated heterocycles. The molecule has 126 valence electrons. The van der Waals surface area contributed by atoms with Gasteiger partial charge in [-0.3, -0.25) is 4.90 Å². The monoisotopic (exact) mass is 326 g/mol. The van der Waals surface area contributed by atoms with Crippen LogP contribution in [0.2, 0.25) is 0 Å². The molecule has 1 aromatic carbocycles. The molecule has 2 aromatic rings. The molecule has 2 heterocycles. The number of amides is 2. The summed E-state index contributed by atoms with van der Waals surface area (Å²) in [5.74, 6) is 1.52. The highest BCUT2D eigenvalue weighted by Gasteiger charge is 2.27. The topological polar surface area (TPSA) is 57.7 Å². The van der Waals surface area contributed by atoms with Crippen LogP contribution in [0.25, 0.3) is 0 Å². The zero-order valence-corrected chi connectivity index (χ0v) is 14.0. The molecule has 0 fully saturated rings. The summed E-state index contributed by atoms with van der Waals surface area (Å²) in [6.45, 7) is 6.81. The number of likely N-dealkylation sites (N-methyl/N-ethyl adjacent to an activating group) is 1. The van der Waals surface area contributed by atoms with Gasteiger partial charge in [-0.25, -0.2) is 9.78 Å². The summed E-state index contributed by atoms with van der Waals surface area (Å²) in [5.41, 5.74) is 1.50. The molecular weight excluding hydrogens is 304 g/mol. The van der Waals surface area contributed by atoms with Crippen molar-refractivity contribution in [2.24, 2.45) is 0 Å². The van der Waals surface area contributed by atoms with Crippen molar-refractivity contribution in [2.45, 2.75) is 13.8 Å². The lowest BCUT2D eigenvalue weighted by Crippen LogP contribution is -2.46. The van der Waals surface area contributed by atoms with E-state index in [1.165, 1.54) is 0 Å². The first-order valence-electron chi connectivity index (χ1n) is 8.25. The number of para-hydroxylation sites is 2. The molecule has 6 nitrogen and oxygen atoms in total. The normalized spacial score (nSPS) is 13.4. The number of pyridine rings is 1. The molecule has 1 aliphatic heterocycles. The zero-order valence-electron chi connectivity index (χ0n) is 14.0. The first kappa shape index (κ1) is 16.1. The van der Waals surface area contributed by atoms with E-state index in [2.05, 4.69) is 22.1 Å². The molecule has 1 N–H and O–H groups in total. The lowest BCUT2D eigenvalue weighted by Gasteiger charge is -2.36. The van der Waals surface area contributed by atoms with Gasteiger partial charge in [-0.2, -0.15) is 0 Å². The third kappa shape index (κ3) is 3.13. The second-order valence-electron chi connectivity index (χ2n) is 5.44. The quantitative estimate of drug-likeness (QED) is 0.936. The van der Waals surface area contributed by atoms with Crippen molar-refractivity contribution in [3.63, 3.8) is 0 Å². The fourth-order valence-electron chi connectivity index (χ4n) is 2.84. The number of nitrogens with zero attached hydrogens (tertiary/aromatic N) is 3. The van der Waals surface area contributed by atoms with E-state index in [0.29, 0.717) is 24.6 Å². The molecule has 0 unspecified atom stereocenters. The number of urea groups is 1. The fraction of sp³-hybridized carbons (Fsp3) is 0.333. The molecule has 2 amide bonds. The van der Waals surface area contributed by atoms with Gasteiger partial charge in [0.05, 0.1) is 18.0 Å². The number of aromatic nitrogens is 1. The maximum Gasteiger partial charge on any atom is 0.326 e. The molecule has 0 bridgehead atoms. The van der Waals surface area contributed by atoms with Crippen LogP contribution in [0.15, 0.2) is 42.6 Å². The van der Waals surface area contributed by atoms with Gasteiger partial charge in [0.25, 0.3) is 0 Å². The van der Waals surface area contributed by atoms with Crippen LogP contribution in [0.5, 0.6) is 5.75 Å². The van der Waals surface area contributed by atoms with Gasteiger partial charge in [0.15, 0.2) is 5.82 Å². The summed E-state index contributed by atoms with van der Waals surface area (Å²) < 4.78 is 5.58. The second kappa shape index (κ2) is 7.21. The number of anilines is 3. The number of ether oxygens (including phenoxy) is 1. The Hall–Kier alpha value is -2.76. The predicted octanol–water partition coefficient (Wildman–Crippen LogP) is 3.36. The van der Waals surface area contributed by atoms with Gasteiger partial charge in [0.2, 0.25) is 0 Å². The average Bonchev–Trinajstić information content (AvgIpc) is 2.62. The zero-order chi connectivity index (χ0) is 16.9. The smallest absolute Gasteiger partial charge is 0.326 e. The molecule has 6 heteroatoms. The van der Waals surface area contributed by atoms with E-state index in [4.69, 9.17) is 4.74 Å². The molecule has 1 aromatic heterocycles. The fourth-order valence-corrected chi connectivity index (χ4v) is 2.84. The molecule has 0 spiro atoms. The van der Waals surface area contributed by atoms with Crippen LogP contribution >= 0.6 is 0 Å². The first-order chi connectivity index (χ1) is 11.7. The summed E-state index contributed by atoms with van der Waals surface area (Å²) >= 11 is 0. The van der Waals surface area contributed by atoms with Crippen molar-refractivity contribution in [3.05, 3.63) is 42.6 Å². The van der Waals surface area contributed by atoms with Gasteiger partial charge in [-0.1, -0.05) is 12.1 Å². The average molecular weight is 326 g/mol. The Kier molecular flexibility index (Phi) is 4.84. The largest absolute Gasteiger partial charge is 0.492 e. The Balaban J connectivity index is 1.84. The number of rotatable bonds is 4. The summed E-state index contributed by atoms with van der Waals surface area (Å²) in [6.07, 6.45) is 1.76. The van der Waals surface area contributed by atoms with Crippen LogP contribution < -0.4 is 19.9 Å². The Morgan fingerprint density at radius 3 is 2.83 bits per heavy atom. The van der Waals surface area contributed by atoms with Crippen molar-refractivity contribution in [1.82, 2.24) is 4.98 Å². The van der Waals surface area contributed by atoms with E-state index in [1.807, 2.05) is 43.3 Å². The number of carbonyl (C=O) groups excluding carboxylic acids is 1. The van der Waals surface area contributed by atoms with Crippen LogP contribution in [0.3, 0.4) is 0 Å². The van der Waals surface area contributed by atoms with Gasteiger partial charge in [0, 0.05) is 25.8 Å². The van der Waals surface area contributed by atoms with E-state index >= 15 is 0 Å². The number of fused-ring (bicyclic) bond motifs is 1. The lowest BCUT2D eigenvalue weighted by atomic mass is 10.2. The molecule has 0 saturated carbocycles. The van der Waals surface area contributed by atoms with E-state index in [9.17, 15) is 4.79 Å². The van der Waals surface area contributed by atoms with Gasteiger partial charge in [0.1, 0.15) is 5.75 Å². The highest BCUT2D eigenvalue weighted by Crippen LogP contribution is 2.31.